The molecule has 1 aromatic heterocycles. The summed E-state index contributed by atoms with van der Waals surface area (Å²) < 4.78 is 1.97. The highest BCUT2D eigenvalue weighted by atomic mass is 35.5. The third kappa shape index (κ3) is 4.64. The number of benzene rings is 2. The number of aryl methyl sites for hydroxylation is 2. The van der Waals surface area contributed by atoms with Crippen LogP contribution in [0.25, 0.3) is 11.4 Å². The molecule has 0 aliphatic rings. The number of aromatic nitrogens is 3. The summed E-state index contributed by atoms with van der Waals surface area (Å²) in [5.41, 5.74) is 3.80. The molecule has 1 N–H and O–H groups in total. The lowest BCUT2D eigenvalue weighted by molar-refractivity contribution is -0.113. The minimum atomic E-state index is -0.124. The maximum absolute atomic E-state index is 12.4. The Labute approximate surface area is 173 Å². The topological polar surface area (TPSA) is 59.8 Å². The average Bonchev–Trinajstić information content (AvgIpc) is 3.06. The maximum atomic E-state index is 12.4. The predicted molar refractivity (Wildman–Crippen MR) is 116 cm³/mol. The summed E-state index contributed by atoms with van der Waals surface area (Å²) in [5.74, 6) is 0.863. The second-order valence-electron chi connectivity index (χ2n) is 6.32. The van der Waals surface area contributed by atoms with Crippen LogP contribution in [0.2, 0.25) is 5.02 Å². The normalized spacial score (nSPS) is 10.7. The summed E-state index contributed by atoms with van der Waals surface area (Å²) in [6, 6.07) is 13.4. The third-order valence-electron chi connectivity index (χ3n) is 4.22. The van der Waals surface area contributed by atoms with Crippen LogP contribution in [0.15, 0.2) is 60.3 Å². The first kappa shape index (κ1) is 20.2. The van der Waals surface area contributed by atoms with Crippen molar-refractivity contribution in [3.05, 3.63) is 71.3 Å². The number of hydrogen-bond donors (Lipinski definition) is 1. The fourth-order valence-electron chi connectivity index (χ4n) is 2.76. The lowest BCUT2D eigenvalue weighted by atomic mass is 10.1. The molecule has 0 bridgehead atoms. The van der Waals surface area contributed by atoms with Crippen molar-refractivity contribution in [2.45, 2.75) is 25.5 Å². The minimum Gasteiger partial charge on any atom is -0.325 e. The quantitative estimate of drug-likeness (QED) is 0.431. The van der Waals surface area contributed by atoms with Crippen molar-refractivity contribution in [3.63, 3.8) is 0 Å². The Balaban J connectivity index is 1.75. The number of hydrogen-bond acceptors (Lipinski definition) is 4. The molecule has 3 aromatic rings. The maximum Gasteiger partial charge on any atom is 0.234 e. The van der Waals surface area contributed by atoms with Crippen molar-refractivity contribution in [3.8, 4) is 11.4 Å². The molecule has 28 heavy (non-hydrogen) atoms. The van der Waals surface area contributed by atoms with Gasteiger partial charge in [0.1, 0.15) is 0 Å². The van der Waals surface area contributed by atoms with Gasteiger partial charge in [-0.05, 0) is 37.1 Å². The molecule has 0 radical (unpaired) electrons. The molecule has 0 atom stereocenters. The molecule has 5 nitrogen and oxygen atoms in total. The molecule has 0 saturated carbocycles. The van der Waals surface area contributed by atoms with E-state index in [0.29, 0.717) is 22.4 Å². The Morgan fingerprint density at radius 2 is 2.00 bits per heavy atom. The molecule has 7 heteroatoms. The lowest BCUT2D eigenvalue weighted by Crippen LogP contribution is -2.15. The minimum absolute atomic E-state index is 0.124. The zero-order valence-corrected chi connectivity index (χ0v) is 17.3. The molecular weight excluding hydrogens is 392 g/mol. The number of rotatable bonds is 7. The summed E-state index contributed by atoms with van der Waals surface area (Å²) in [6.45, 7) is 8.35. The first-order valence-electron chi connectivity index (χ1n) is 8.78. The molecule has 144 valence electrons. The summed E-state index contributed by atoms with van der Waals surface area (Å²) in [5, 5.41) is 12.8. The summed E-state index contributed by atoms with van der Waals surface area (Å²) in [4.78, 5) is 12.4. The molecule has 2 aromatic carbocycles. The first-order valence-corrected chi connectivity index (χ1v) is 10.1. The van der Waals surface area contributed by atoms with Gasteiger partial charge in [0.25, 0.3) is 0 Å². The summed E-state index contributed by atoms with van der Waals surface area (Å²) >= 11 is 7.36. The highest BCUT2D eigenvalue weighted by molar-refractivity contribution is 7.99. The fourth-order valence-corrected chi connectivity index (χ4v) is 3.68. The SMILES string of the molecule is C=CCn1c(SCC(=O)Nc2cc(Cl)ccc2C)nnc1-c1ccccc1C. The second-order valence-corrected chi connectivity index (χ2v) is 7.70. The van der Waals surface area contributed by atoms with Gasteiger partial charge in [-0.15, -0.1) is 16.8 Å². The predicted octanol–water partition coefficient (Wildman–Crippen LogP) is 5.13. The van der Waals surface area contributed by atoms with Crippen molar-refractivity contribution in [1.82, 2.24) is 14.8 Å². The number of amides is 1. The largest absolute Gasteiger partial charge is 0.325 e. The molecule has 1 amide bonds. The van der Waals surface area contributed by atoms with Crippen LogP contribution in [0.3, 0.4) is 0 Å². The molecular formula is C21H21ClN4OS. The number of anilines is 1. The van der Waals surface area contributed by atoms with Crippen LogP contribution in [-0.2, 0) is 11.3 Å². The highest BCUT2D eigenvalue weighted by Gasteiger charge is 2.16. The lowest BCUT2D eigenvalue weighted by Gasteiger charge is -2.10. The van der Waals surface area contributed by atoms with Crippen molar-refractivity contribution in [1.29, 1.82) is 0 Å². The molecule has 0 aliphatic carbocycles. The third-order valence-corrected chi connectivity index (χ3v) is 5.42. The van der Waals surface area contributed by atoms with E-state index in [1.54, 1.807) is 18.2 Å². The van der Waals surface area contributed by atoms with Gasteiger partial charge < -0.3 is 5.32 Å². The van der Waals surface area contributed by atoms with Crippen LogP contribution >= 0.6 is 23.4 Å². The van der Waals surface area contributed by atoms with Crippen molar-refractivity contribution >= 4 is 35.0 Å². The van der Waals surface area contributed by atoms with Gasteiger partial charge in [-0.25, -0.2) is 0 Å². The van der Waals surface area contributed by atoms with Crippen LogP contribution in [0.1, 0.15) is 11.1 Å². The van der Waals surface area contributed by atoms with E-state index < -0.39 is 0 Å². The van der Waals surface area contributed by atoms with Gasteiger partial charge in [0.15, 0.2) is 11.0 Å². The summed E-state index contributed by atoms with van der Waals surface area (Å²) in [7, 11) is 0. The zero-order chi connectivity index (χ0) is 20.1. The van der Waals surface area contributed by atoms with E-state index in [2.05, 4.69) is 22.1 Å². The second kappa shape index (κ2) is 9.08. The molecule has 0 aliphatic heterocycles. The highest BCUT2D eigenvalue weighted by Crippen LogP contribution is 2.27. The van der Waals surface area contributed by atoms with Gasteiger partial charge in [-0.2, -0.15) is 0 Å². The van der Waals surface area contributed by atoms with Crippen molar-refractivity contribution in [2.75, 3.05) is 11.1 Å². The monoisotopic (exact) mass is 412 g/mol. The number of halogens is 1. The zero-order valence-electron chi connectivity index (χ0n) is 15.8. The van der Waals surface area contributed by atoms with Gasteiger partial charge in [0.2, 0.25) is 5.91 Å². The molecule has 3 rings (SSSR count). The van der Waals surface area contributed by atoms with Crippen LogP contribution in [0.4, 0.5) is 5.69 Å². The van der Waals surface area contributed by atoms with Crippen LogP contribution < -0.4 is 5.32 Å². The Hall–Kier alpha value is -2.57. The molecule has 1 heterocycles. The van der Waals surface area contributed by atoms with Gasteiger partial charge >= 0.3 is 0 Å². The van der Waals surface area contributed by atoms with Gasteiger partial charge in [-0.3, -0.25) is 9.36 Å². The van der Waals surface area contributed by atoms with E-state index in [-0.39, 0.29) is 11.7 Å². The number of thioether (sulfide) groups is 1. The fraction of sp³-hybridized carbons (Fsp3) is 0.190. The van der Waals surface area contributed by atoms with Crippen molar-refractivity contribution < 1.29 is 4.79 Å². The smallest absolute Gasteiger partial charge is 0.234 e. The number of nitrogens with zero attached hydrogens (tertiary/aromatic N) is 3. The van der Waals surface area contributed by atoms with Gasteiger partial charge in [0.05, 0.1) is 5.75 Å². The number of allylic oxidation sites excluding steroid dienone is 1. The van der Waals surface area contributed by atoms with Gasteiger partial charge in [-0.1, -0.05) is 59.8 Å². The first-order chi connectivity index (χ1) is 13.5. The molecule has 0 unspecified atom stereocenters. The number of nitrogens with one attached hydrogen (secondary N) is 1. The van der Waals surface area contributed by atoms with E-state index in [4.69, 9.17) is 11.6 Å². The Bertz CT molecular complexity index is 1020. The summed E-state index contributed by atoms with van der Waals surface area (Å²) in [6.07, 6.45) is 1.80. The van der Waals surface area contributed by atoms with Crippen LogP contribution in [0.5, 0.6) is 0 Å². The Morgan fingerprint density at radius 3 is 2.75 bits per heavy atom. The van der Waals surface area contributed by atoms with Crippen LogP contribution in [0, 0.1) is 13.8 Å². The Kier molecular flexibility index (Phi) is 6.54. The number of carbonyl (C=O) groups is 1. The molecule has 0 fully saturated rings. The van der Waals surface area contributed by atoms with E-state index in [9.17, 15) is 4.79 Å². The molecule has 0 saturated heterocycles. The average molecular weight is 413 g/mol. The van der Waals surface area contributed by atoms with Crippen LogP contribution in [-0.4, -0.2) is 26.4 Å². The van der Waals surface area contributed by atoms with E-state index in [1.165, 1.54) is 11.8 Å². The van der Waals surface area contributed by atoms with Crippen molar-refractivity contribution in [2.24, 2.45) is 0 Å². The Morgan fingerprint density at radius 1 is 1.21 bits per heavy atom. The molecule has 0 spiro atoms. The van der Waals surface area contributed by atoms with Gasteiger partial charge in [0, 0.05) is 22.8 Å². The van der Waals surface area contributed by atoms with E-state index >= 15 is 0 Å². The van der Waals surface area contributed by atoms with E-state index in [1.807, 2.05) is 48.7 Å². The number of carbonyl (C=O) groups excluding carboxylic acids is 1. The standard InChI is InChI=1S/C21H21ClN4OS/c1-4-11-26-20(17-8-6-5-7-14(17)2)24-25-21(26)28-13-19(27)23-18-12-16(22)10-9-15(18)3/h4-10,12H,1,11,13H2,2-3H3,(H,23,27). The van der Waals surface area contributed by atoms with E-state index in [0.717, 1.165) is 22.5 Å².